The normalized spacial score (nSPS) is 13.9. The molecular weight excluding hydrogens is 302 g/mol. The van der Waals surface area contributed by atoms with Crippen molar-refractivity contribution in [2.24, 2.45) is 0 Å². The molecule has 1 aliphatic rings. The SMILES string of the molecule is Brc1ccccc1OCc1ccc2c(c1)CNCC2. The van der Waals surface area contributed by atoms with E-state index in [1.165, 1.54) is 16.7 Å². The summed E-state index contributed by atoms with van der Waals surface area (Å²) in [5.41, 5.74) is 4.08. The van der Waals surface area contributed by atoms with Crippen molar-refractivity contribution in [3.63, 3.8) is 0 Å². The first-order chi connectivity index (χ1) is 9.33. The summed E-state index contributed by atoms with van der Waals surface area (Å²) in [7, 11) is 0. The Balaban J connectivity index is 1.72. The Bertz CT molecular complexity index is 583. The third-order valence-corrected chi connectivity index (χ3v) is 4.04. The lowest BCUT2D eigenvalue weighted by atomic mass is 9.99. The molecule has 0 aromatic heterocycles. The predicted octanol–water partition coefficient (Wildman–Crippen LogP) is 3.67. The molecule has 1 aliphatic heterocycles. The van der Waals surface area contributed by atoms with Gasteiger partial charge < -0.3 is 10.1 Å². The van der Waals surface area contributed by atoms with Crippen LogP contribution in [0, 0.1) is 0 Å². The van der Waals surface area contributed by atoms with E-state index in [4.69, 9.17) is 4.74 Å². The van der Waals surface area contributed by atoms with Gasteiger partial charge >= 0.3 is 0 Å². The van der Waals surface area contributed by atoms with Gasteiger partial charge in [-0.1, -0.05) is 30.3 Å². The summed E-state index contributed by atoms with van der Waals surface area (Å²) in [4.78, 5) is 0. The molecule has 0 saturated heterocycles. The highest BCUT2D eigenvalue weighted by atomic mass is 79.9. The minimum absolute atomic E-state index is 0.607. The molecule has 2 aromatic rings. The monoisotopic (exact) mass is 317 g/mol. The molecule has 2 aromatic carbocycles. The first-order valence-corrected chi connectivity index (χ1v) is 7.31. The second kappa shape index (κ2) is 5.76. The van der Waals surface area contributed by atoms with Crippen molar-refractivity contribution in [3.8, 4) is 5.75 Å². The molecule has 0 aliphatic carbocycles. The van der Waals surface area contributed by atoms with Crippen molar-refractivity contribution < 1.29 is 4.74 Å². The molecule has 0 unspecified atom stereocenters. The Hall–Kier alpha value is -1.32. The first-order valence-electron chi connectivity index (χ1n) is 6.51. The number of ether oxygens (including phenoxy) is 1. The van der Waals surface area contributed by atoms with Crippen molar-refractivity contribution in [2.75, 3.05) is 6.54 Å². The maximum atomic E-state index is 5.85. The van der Waals surface area contributed by atoms with Gasteiger partial charge in [0.05, 0.1) is 4.47 Å². The van der Waals surface area contributed by atoms with E-state index in [0.29, 0.717) is 6.61 Å². The molecule has 0 amide bonds. The van der Waals surface area contributed by atoms with Crippen molar-refractivity contribution in [3.05, 3.63) is 63.6 Å². The molecule has 0 atom stereocenters. The number of hydrogen-bond donors (Lipinski definition) is 1. The van der Waals surface area contributed by atoms with Crippen LogP contribution in [0.3, 0.4) is 0 Å². The summed E-state index contributed by atoms with van der Waals surface area (Å²) < 4.78 is 6.84. The highest BCUT2D eigenvalue weighted by molar-refractivity contribution is 9.10. The first kappa shape index (κ1) is 12.7. The molecule has 3 rings (SSSR count). The van der Waals surface area contributed by atoms with Crippen LogP contribution < -0.4 is 10.1 Å². The van der Waals surface area contributed by atoms with Crippen LogP contribution in [0.1, 0.15) is 16.7 Å². The fourth-order valence-corrected chi connectivity index (χ4v) is 2.75. The molecule has 0 fully saturated rings. The van der Waals surface area contributed by atoms with Gasteiger partial charge in [-0.2, -0.15) is 0 Å². The molecule has 3 heteroatoms. The van der Waals surface area contributed by atoms with E-state index in [9.17, 15) is 0 Å². The topological polar surface area (TPSA) is 21.3 Å². The molecule has 0 saturated carbocycles. The van der Waals surface area contributed by atoms with Gasteiger partial charge in [-0.15, -0.1) is 0 Å². The molecule has 19 heavy (non-hydrogen) atoms. The average molecular weight is 318 g/mol. The second-order valence-corrected chi connectivity index (χ2v) is 5.60. The minimum atomic E-state index is 0.607. The Kier molecular flexibility index (Phi) is 3.85. The van der Waals surface area contributed by atoms with Crippen molar-refractivity contribution in [1.82, 2.24) is 5.32 Å². The summed E-state index contributed by atoms with van der Waals surface area (Å²) in [6.45, 7) is 2.66. The minimum Gasteiger partial charge on any atom is -0.488 e. The van der Waals surface area contributed by atoms with E-state index in [2.05, 4.69) is 39.4 Å². The van der Waals surface area contributed by atoms with Gasteiger partial charge in [0.15, 0.2) is 0 Å². The van der Waals surface area contributed by atoms with E-state index in [-0.39, 0.29) is 0 Å². The average Bonchev–Trinajstić information content (AvgIpc) is 2.46. The van der Waals surface area contributed by atoms with E-state index in [0.717, 1.165) is 29.7 Å². The number of rotatable bonds is 3. The number of para-hydroxylation sites is 1. The summed E-state index contributed by atoms with van der Waals surface area (Å²) in [6.07, 6.45) is 1.13. The van der Waals surface area contributed by atoms with E-state index < -0.39 is 0 Å². The number of halogens is 1. The summed E-state index contributed by atoms with van der Waals surface area (Å²) >= 11 is 3.49. The summed E-state index contributed by atoms with van der Waals surface area (Å²) in [5.74, 6) is 0.887. The molecule has 1 heterocycles. The Labute approximate surface area is 121 Å². The number of hydrogen-bond acceptors (Lipinski definition) is 2. The van der Waals surface area contributed by atoms with Gasteiger partial charge in [0.1, 0.15) is 12.4 Å². The number of nitrogens with one attached hydrogen (secondary N) is 1. The van der Waals surface area contributed by atoms with Crippen LogP contribution in [-0.2, 0) is 19.6 Å². The van der Waals surface area contributed by atoms with E-state index in [1.807, 2.05) is 24.3 Å². The zero-order valence-corrected chi connectivity index (χ0v) is 12.2. The van der Waals surface area contributed by atoms with Gasteiger partial charge in [-0.3, -0.25) is 0 Å². The van der Waals surface area contributed by atoms with Crippen LogP contribution in [0.2, 0.25) is 0 Å². The quantitative estimate of drug-likeness (QED) is 0.932. The zero-order chi connectivity index (χ0) is 13.1. The van der Waals surface area contributed by atoms with Crippen molar-refractivity contribution in [2.45, 2.75) is 19.6 Å². The standard InChI is InChI=1S/C16H16BrNO/c17-15-3-1-2-4-16(15)19-11-12-5-6-13-7-8-18-10-14(13)9-12/h1-6,9,18H,7-8,10-11H2. The second-order valence-electron chi connectivity index (χ2n) is 4.75. The molecule has 0 radical (unpaired) electrons. The summed E-state index contributed by atoms with van der Waals surface area (Å²) in [6, 6.07) is 14.6. The molecular formula is C16H16BrNO. The van der Waals surface area contributed by atoms with Crippen molar-refractivity contribution in [1.29, 1.82) is 0 Å². The highest BCUT2D eigenvalue weighted by Crippen LogP contribution is 2.25. The highest BCUT2D eigenvalue weighted by Gasteiger charge is 2.09. The molecule has 1 N–H and O–H groups in total. The van der Waals surface area contributed by atoms with Gasteiger partial charge in [-0.05, 0) is 57.7 Å². The Morgan fingerprint density at radius 1 is 1.11 bits per heavy atom. The lowest BCUT2D eigenvalue weighted by molar-refractivity contribution is 0.304. The fraction of sp³-hybridized carbons (Fsp3) is 0.250. The molecule has 0 bridgehead atoms. The zero-order valence-electron chi connectivity index (χ0n) is 10.7. The van der Waals surface area contributed by atoms with Gasteiger partial charge in [0.25, 0.3) is 0 Å². The van der Waals surface area contributed by atoms with Crippen molar-refractivity contribution >= 4 is 15.9 Å². The van der Waals surface area contributed by atoms with Crippen LogP contribution in [0.25, 0.3) is 0 Å². The molecule has 98 valence electrons. The van der Waals surface area contributed by atoms with Gasteiger partial charge in [0, 0.05) is 6.54 Å². The third-order valence-electron chi connectivity index (χ3n) is 3.39. The van der Waals surface area contributed by atoms with E-state index in [1.54, 1.807) is 0 Å². The van der Waals surface area contributed by atoms with Gasteiger partial charge in [-0.25, -0.2) is 0 Å². The van der Waals surface area contributed by atoms with E-state index >= 15 is 0 Å². The lowest BCUT2D eigenvalue weighted by Crippen LogP contribution is -2.23. The third kappa shape index (κ3) is 2.99. The van der Waals surface area contributed by atoms with Crippen LogP contribution in [0.4, 0.5) is 0 Å². The predicted molar refractivity (Wildman–Crippen MR) is 80.3 cm³/mol. The number of benzene rings is 2. The maximum Gasteiger partial charge on any atom is 0.133 e. The Morgan fingerprint density at radius 2 is 2.00 bits per heavy atom. The summed E-state index contributed by atoms with van der Waals surface area (Å²) in [5, 5.41) is 3.40. The molecule has 2 nitrogen and oxygen atoms in total. The van der Waals surface area contributed by atoms with Crippen LogP contribution >= 0.6 is 15.9 Å². The van der Waals surface area contributed by atoms with Crippen LogP contribution in [0.5, 0.6) is 5.75 Å². The van der Waals surface area contributed by atoms with Crippen LogP contribution in [0.15, 0.2) is 46.9 Å². The Morgan fingerprint density at radius 3 is 2.89 bits per heavy atom. The smallest absolute Gasteiger partial charge is 0.133 e. The maximum absolute atomic E-state index is 5.85. The molecule has 0 spiro atoms. The number of fused-ring (bicyclic) bond motifs is 1. The van der Waals surface area contributed by atoms with Crippen LogP contribution in [-0.4, -0.2) is 6.54 Å². The fourth-order valence-electron chi connectivity index (χ4n) is 2.35. The van der Waals surface area contributed by atoms with Gasteiger partial charge in [0.2, 0.25) is 0 Å². The lowest BCUT2D eigenvalue weighted by Gasteiger charge is -2.18. The largest absolute Gasteiger partial charge is 0.488 e.